The van der Waals surface area contributed by atoms with Gasteiger partial charge in [0.05, 0.1) is 13.2 Å². The largest absolute Gasteiger partial charge is 0.402 e. The minimum absolute atomic E-state index is 0.735. The van der Waals surface area contributed by atoms with Crippen LogP contribution in [0.3, 0.4) is 0 Å². The first-order chi connectivity index (χ1) is 13.4. The maximum atomic E-state index is 12.5. The SMILES string of the molecule is O=c1ccn([C@@H]2O[C@H](CO)[C@@H](O)[C@H]2OCOCC(C(F)(F)F)C(F)(F)F)c(=O)[nH]1. The van der Waals surface area contributed by atoms with Crippen molar-refractivity contribution in [2.45, 2.75) is 36.9 Å². The summed E-state index contributed by atoms with van der Waals surface area (Å²) in [5.74, 6) is -3.74. The standard InChI is InChI=1S/C14H16F6N2O7/c15-13(16,17)7(14(18,19)20)4-27-5-28-10-9(25)6(3-23)29-11(10)22-2-1-8(24)21-12(22)26/h1-2,6-7,9-11,23,25H,3-5H2,(H,21,24,26)/t6-,9-,10-,11-/m1/s1. The van der Waals surface area contributed by atoms with Gasteiger partial charge in [-0.15, -0.1) is 0 Å². The van der Waals surface area contributed by atoms with E-state index in [1.807, 2.05) is 4.98 Å². The lowest BCUT2D eigenvalue weighted by Crippen LogP contribution is -2.41. The van der Waals surface area contributed by atoms with Crippen LogP contribution in [0.1, 0.15) is 6.23 Å². The molecule has 1 aromatic rings. The van der Waals surface area contributed by atoms with Crippen molar-refractivity contribution >= 4 is 0 Å². The number of nitrogens with zero attached hydrogens (tertiary/aromatic N) is 1. The lowest BCUT2D eigenvalue weighted by molar-refractivity contribution is -0.299. The molecule has 0 saturated carbocycles. The summed E-state index contributed by atoms with van der Waals surface area (Å²) in [5.41, 5.74) is -1.74. The van der Waals surface area contributed by atoms with Crippen molar-refractivity contribution in [2.24, 2.45) is 5.92 Å². The third kappa shape index (κ3) is 5.57. The van der Waals surface area contributed by atoms with E-state index in [0.717, 1.165) is 16.8 Å². The molecule has 0 aliphatic carbocycles. The van der Waals surface area contributed by atoms with Crippen LogP contribution in [-0.4, -0.2) is 70.4 Å². The first kappa shape index (κ1) is 23.3. The Bertz CT molecular complexity index is 778. The van der Waals surface area contributed by atoms with E-state index in [0.29, 0.717) is 0 Å². The zero-order valence-electron chi connectivity index (χ0n) is 14.3. The Hall–Kier alpha value is -1.94. The van der Waals surface area contributed by atoms with E-state index in [1.54, 1.807) is 0 Å². The van der Waals surface area contributed by atoms with Crippen LogP contribution in [0.5, 0.6) is 0 Å². The Morgan fingerprint density at radius 1 is 1.21 bits per heavy atom. The van der Waals surface area contributed by atoms with Gasteiger partial charge in [0.25, 0.3) is 5.56 Å². The Kier molecular flexibility index (Phi) is 7.10. The van der Waals surface area contributed by atoms with E-state index in [1.165, 1.54) is 0 Å². The number of ether oxygens (including phenoxy) is 3. The van der Waals surface area contributed by atoms with Crippen molar-refractivity contribution in [3.63, 3.8) is 0 Å². The maximum Gasteiger partial charge on any atom is 0.402 e. The van der Waals surface area contributed by atoms with E-state index in [4.69, 9.17) is 9.47 Å². The molecule has 0 bridgehead atoms. The molecule has 1 aliphatic rings. The predicted octanol–water partition coefficient (Wildman–Crippen LogP) is -0.113. The molecule has 1 fully saturated rings. The van der Waals surface area contributed by atoms with E-state index in [-0.39, 0.29) is 0 Å². The average Bonchev–Trinajstić information content (AvgIpc) is 2.88. The number of aliphatic hydroxyl groups excluding tert-OH is 2. The molecule has 166 valence electrons. The van der Waals surface area contributed by atoms with Crippen LogP contribution in [0.15, 0.2) is 21.9 Å². The second-order valence-electron chi connectivity index (χ2n) is 6.01. The van der Waals surface area contributed by atoms with Crippen molar-refractivity contribution in [3.8, 4) is 0 Å². The Morgan fingerprint density at radius 2 is 1.83 bits per heavy atom. The molecule has 1 saturated heterocycles. The maximum absolute atomic E-state index is 12.5. The molecule has 0 spiro atoms. The Labute approximate surface area is 157 Å². The van der Waals surface area contributed by atoms with Crippen LogP contribution in [0.25, 0.3) is 0 Å². The first-order valence-electron chi connectivity index (χ1n) is 7.95. The van der Waals surface area contributed by atoms with Crippen LogP contribution >= 0.6 is 0 Å². The van der Waals surface area contributed by atoms with Crippen LogP contribution in [-0.2, 0) is 14.2 Å². The summed E-state index contributed by atoms with van der Waals surface area (Å²) in [6.45, 7) is -3.63. The van der Waals surface area contributed by atoms with Gasteiger partial charge >= 0.3 is 18.0 Å². The number of aromatic amines is 1. The second-order valence-corrected chi connectivity index (χ2v) is 6.01. The highest BCUT2D eigenvalue weighted by molar-refractivity contribution is 4.93. The second kappa shape index (κ2) is 8.83. The quantitative estimate of drug-likeness (QED) is 0.308. The van der Waals surface area contributed by atoms with Gasteiger partial charge in [-0.2, -0.15) is 26.3 Å². The Balaban J connectivity index is 2.08. The number of hydrogen-bond acceptors (Lipinski definition) is 7. The molecule has 3 N–H and O–H groups in total. The number of aliphatic hydroxyl groups is 2. The van der Waals surface area contributed by atoms with Crippen molar-refractivity contribution in [1.29, 1.82) is 0 Å². The highest BCUT2D eigenvalue weighted by atomic mass is 19.4. The molecule has 4 atom stereocenters. The normalized spacial score (nSPS) is 25.7. The highest BCUT2D eigenvalue weighted by Crippen LogP contribution is 2.39. The molecule has 0 amide bonds. The number of H-pyrrole nitrogens is 1. The van der Waals surface area contributed by atoms with Gasteiger partial charge in [-0.05, 0) is 0 Å². The Morgan fingerprint density at radius 3 is 2.34 bits per heavy atom. The summed E-state index contributed by atoms with van der Waals surface area (Å²) in [5, 5.41) is 19.3. The van der Waals surface area contributed by atoms with Gasteiger partial charge in [-0.25, -0.2) is 4.79 Å². The minimum Gasteiger partial charge on any atom is -0.394 e. The van der Waals surface area contributed by atoms with Crippen molar-refractivity contribution in [3.05, 3.63) is 33.1 Å². The monoisotopic (exact) mass is 438 g/mol. The first-order valence-corrected chi connectivity index (χ1v) is 7.95. The van der Waals surface area contributed by atoms with Gasteiger partial charge in [-0.1, -0.05) is 0 Å². The van der Waals surface area contributed by atoms with Crippen molar-refractivity contribution in [1.82, 2.24) is 9.55 Å². The molecule has 1 aliphatic heterocycles. The number of hydrogen-bond donors (Lipinski definition) is 3. The summed E-state index contributed by atoms with van der Waals surface area (Å²) in [6, 6.07) is 0.925. The smallest absolute Gasteiger partial charge is 0.394 e. The minimum atomic E-state index is -5.60. The summed E-state index contributed by atoms with van der Waals surface area (Å²) in [6.07, 6.45) is -16.1. The van der Waals surface area contributed by atoms with Crippen molar-refractivity contribution in [2.75, 3.05) is 20.0 Å². The number of alkyl halides is 6. The zero-order chi connectivity index (χ0) is 22.0. The lowest BCUT2D eigenvalue weighted by Gasteiger charge is -2.24. The molecular formula is C14H16F6N2O7. The molecule has 1 aromatic heterocycles. The van der Waals surface area contributed by atoms with Gasteiger partial charge in [0, 0.05) is 12.3 Å². The molecule has 2 rings (SSSR count). The van der Waals surface area contributed by atoms with Gasteiger partial charge in [-0.3, -0.25) is 14.3 Å². The number of rotatable bonds is 7. The van der Waals surface area contributed by atoms with Crippen LogP contribution in [0.2, 0.25) is 0 Å². The summed E-state index contributed by atoms with van der Waals surface area (Å²) in [7, 11) is 0. The van der Waals surface area contributed by atoms with Gasteiger partial charge in [0.15, 0.2) is 12.1 Å². The molecule has 29 heavy (non-hydrogen) atoms. The van der Waals surface area contributed by atoms with E-state index in [9.17, 15) is 46.1 Å². The molecule has 9 nitrogen and oxygen atoms in total. The number of aromatic nitrogens is 2. The van der Waals surface area contributed by atoms with Crippen LogP contribution in [0, 0.1) is 5.92 Å². The molecular weight excluding hydrogens is 422 g/mol. The number of halogens is 6. The summed E-state index contributed by atoms with van der Waals surface area (Å²) < 4.78 is 90.1. The van der Waals surface area contributed by atoms with Crippen molar-refractivity contribution < 1.29 is 50.8 Å². The van der Waals surface area contributed by atoms with Gasteiger partial charge in [0.2, 0.25) is 0 Å². The fourth-order valence-corrected chi connectivity index (χ4v) is 2.57. The number of nitrogens with one attached hydrogen (secondary N) is 1. The fourth-order valence-electron chi connectivity index (χ4n) is 2.57. The van der Waals surface area contributed by atoms with Gasteiger partial charge in [0.1, 0.15) is 25.1 Å². The fraction of sp³-hybridized carbons (Fsp3) is 0.714. The highest BCUT2D eigenvalue weighted by Gasteiger charge is 2.56. The van der Waals surface area contributed by atoms with Gasteiger partial charge < -0.3 is 24.4 Å². The van der Waals surface area contributed by atoms with Crippen LogP contribution < -0.4 is 11.2 Å². The van der Waals surface area contributed by atoms with Crippen LogP contribution in [0.4, 0.5) is 26.3 Å². The molecule has 15 heteroatoms. The third-order valence-corrected chi connectivity index (χ3v) is 4.04. The van der Waals surface area contributed by atoms with E-state index >= 15 is 0 Å². The van der Waals surface area contributed by atoms with E-state index < -0.39 is 74.1 Å². The molecule has 0 unspecified atom stereocenters. The topological polar surface area (TPSA) is 123 Å². The third-order valence-electron chi connectivity index (χ3n) is 4.04. The molecule has 0 aromatic carbocycles. The zero-order valence-corrected chi connectivity index (χ0v) is 14.3. The predicted molar refractivity (Wildman–Crippen MR) is 79.6 cm³/mol. The van der Waals surface area contributed by atoms with E-state index in [2.05, 4.69) is 4.74 Å². The summed E-state index contributed by atoms with van der Waals surface area (Å²) >= 11 is 0. The lowest BCUT2D eigenvalue weighted by atomic mass is 10.1. The summed E-state index contributed by atoms with van der Waals surface area (Å²) in [4.78, 5) is 24.9. The molecule has 2 heterocycles. The average molecular weight is 438 g/mol. The molecule has 0 radical (unpaired) electrons.